The maximum absolute atomic E-state index is 6.95. The second-order valence-electron chi connectivity index (χ2n) is 19.1. The first-order chi connectivity index (χ1) is 30.4. The molecule has 3 aromatic heterocycles. The Morgan fingerprint density at radius 2 is 1.24 bits per heavy atom. The van der Waals surface area contributed by atoms with Crippen LogP contribution in [0.1, 0.15) is 45.7 Å². The molecule has 0 fully saturated rings. The Kier molecular flexibility index (Phi) is 8.80. The number of ether oxygens (including phenoxy) is 1. The van der Waals surface area contributed by atoms with E-state index in [1.165, 1.54) is 27.2 Å². The van der Waals surface area contributed by atoms with Gasteiger partial charge in [-0.2, -0.15) is 0 Å². The van der Waals surface area contributed by atoms with E-state index < -0.39 is 8.07 Å². The van der Waals surface area contributed by atoms with Crippen LogP contribution in [-0.4, -0.2) is 22.2 Å². The molecular weight excluding hydrogens is 785 g/mol. The Morgan fingerprint density at radius 3 is 1.95 bits per heavy atom. The molecule has 10 aromatic rings. The number of imidazole rings is 1. The molecular formula is C57H50N4OSi. The van der Waals surface area contributed by atoms with Crippen molar-refractivity contribution < 1.29 is 9.30 Å². The van der Waals surface area contributed by atoms with Crippen LogP contribution >= 0.6 is 0 Å². The lowest BCUT2D eigenvalue weighted by molar-refractivity contribution is -0.572. The Hall–Kier alpha value is -7.02. The highest BCUT2D eigenvalue weighted by atomic mass is 28.3. The Bertz CT molecular complexity index is 3350. The molecule has 0 unspecified atom stereocenters. The van der Waals surface area contributed by atoms with Crippen LogP contribution in [0.3, 0.4) is 0 Å². The van der Waals surface area contributed by atoms with Gasteiger partial charge in [-0.25, -0.2) is 4.98 Å². The molecule has 0 amide bonds. The van der Waals surface area contributed by atoms with E-state index in [0.717, 1.165) is 72.9 Å². The summed E-state index contributed by atoms with van der Waals surface area (Å²) in [6, 6.07) is 61.1. The SMILES string of the molecule is CC(C)(C)c1ccnc(-n2c3ccccc3c3ccc(Oc4ccc5c(c4)-[n+]4[c-]n(-c6c(-c7ccccc7)cccc6-c6ccccc6)c6cccc(c64)[Si](C)(C)C5(C)C)cc32)c1. The highest BCUT2D eigenvalue weighted by molar-refractivity contribution is 6.93. The number of hydrogen-bond acceptors (Lipinski definition) is 2. The van der Waals surface area contributed by atoms with E-state index in [1.54, 1.807) is 0 Å². The number of hydrogen-bond donors (Lipinski definition) is 0. The fourth-order valence-corrected chi connectivity index (χ4v) is 12.8. The molecule has 7 aromatic carbocycles. The minimum absolute atomic E-state index is 0.0136. The van der Waals surface area contributed by atoms with Crippen LogP contribution in [0.15, 0.2) is 176 Å². The summed E-state index contributed by atoms with van der Waals surface area (Å²) in [5.74, 6) is 2.44. The molecule has 63 heavy (non-hydrogen) atoms. The van der Waals surface area contributed by atoms with Crippen LogP contribution < -0.4 is 14.5 Å². The minimum atomic E-state index is -2.21. The normalized spacial score (nSPS) is 14.2. The summed E-state index contributed by atoms with van der Waals surface area (Å²) in [6.45, 7) is 16.7. The molecule has 0 bridgehead atoms. The van der Waals surface area contributed by atoms with Crippen LogP contribution in [0.4, 0.5) is 0 Å². The molecule has 4 heterocycles. The summed E-state index contributed by atoms with van der Waals surface area (Å²) in [6.07, 6.45) is 5.93. The summed E-state index contributed by atoms with van der Waals surface area (Å²) in [5, 5.41) is 3.65. The molecule has 0 saturated heterocycles. The van der Waals surface area contributed by atoms with E-state index in [0.29, 0.717) is 0 Å². The zero-order valence-electron chi connectivity index (χ0n) is 36.9. The van der Waals surface area contributed by atoms with Gasteiger partial charge in [0.1, 0.15) is 17.3 Å². The second-order valence-corrected chi connectivity index (χ2v) is 24.1. The van der Waals surface area contributed by atoms with Crippen LogP contribution in [0.5, 0.6) is 11.5 Å². The zero-order valence-corrected chi connectivity index (χ0v) is 37.9. The average Bonchev–Trinajstić information content (AvgIpc) is 3.83. The minimum Gasteiger partial charge on any atom is -0.458 e. The number of rotatable bonds is 6. The van der Waals surface area contributed by atoms with Crippen molar-refractivity contribution in [2.75, 3.05) is 0 Å². The van der Waals surface area contributed by atoms with Crippen LogP contribution in [0, 0.1) is 6.33 Å². The lowest BCUT2D eigenvalue weighted by atomic mass is 9.88. The van der Waals surface area contributed by atoms with Gasteiger partial charge in [0, 0.05) is 23.0 Å². The quantitative estimate of drug-likeness (QED) is 0.0950. The van der Waals surface area contributed by atoms with Gasteiger partial charge in [0.15, 0.2) is 0 Å². The van der Waals surface area contributed by atoms with Gasteiger partial charge in [0.05, 0.1) is 41.5 Å². The summed E-state index contributed by atoms with van der Waals surface area (Å²) in [4.78, 5) is 4.91. The van der Waals surface area contributed by atoms with E-state index in [2.05, 4.69) is 238 Å². The van der Waals surface area contributed by atoms with Crippen molar-refractivity contribution in [3.63, 3.8) is 0 Å². The fourth-order valence-electron chi connectivity index (χ4n) is 9.85. The molecule has 6 heteroatoms. The molecule has 0 radical (unpaired) electrons. The van der Waals surface area contributed by atoms with E-state index >= 15 is 0 Å². The monoisotopic (exact) mass is 834 g/mol. The summed E-state index contributed by atoms with van der Waals surface area (Å²) < 4.78 is 13.9. The molecule has 0 aliphatic carbocycles. The number of fused-ring (bicyclic) bond motifs is 5. The first-order valence-corrected chi connectivity index (χ1v) is 25.0. The lowest BCUT2D eigenvalue weighted by Gasteiger charge is -2.41. The van der Waals surface area contributed by atoms with Gasteiger partial charge in [0.25, 0.3) is 6.33 Å². The number of para-hydroxylation sites is 3. The number of aromatic nitrogens is 4. The predicted molar refractivity (Wildman–Crippen MR) is 262 cm³/mol. The van der Waals surface area contributed by atoms with Gasteiger partial charge in [-0.05, 0) is 91.5 Å². The van der Waals surface area contributed by atoms with E-state index in [9.17, 15) is 0 Å². The third kappa shape index (κ3) is 6.10. The summed E-state index contributed by atoms with van der Waals surface area (Å²) >= 11 is 0. The second kappa shape index (κ2) is 14.3. The maximum atomic E-state index is 6.95. The molecule has 0 spiro atoms. The molecule has 0 N–H and O–H groups in total. The van der Waals surface area contributed by atoms with Gasteiger partial charge in [-0.1, -0.05) is 169 Å². The topological polar surface area (TPSA) is 35.9 Å². The van der Waals surface area contributed by atoms with Crippen molar-refractivity contribution in [3.05, 3.63) is 194 Å². The van der Waals surface area contributed by atoms with Gasteiger partial charge in [-0.3, -0.25) is 13.7 Å². The fraction of sp³-hybridized carbons (Fsp3) is 0.158. The van der Waals surface area contributed by atoms with Crippen LogP contribution in [0.2, 0.25) is 13.1 Å². The third-order valence-electron chi connectivity index (χ3n) is 13.9. The predicted octanol–water partition coefficient (Wildman–Crippen LogP) is 13.4. The van der Waals surface area contributed by atoms with E-state index in [1.807, 2.05) is 6.20 Å². The van der Waals surface area contributed by atoms with Crippen molar-refractivity contribution in [3.8, 4) is 50.9 Å². The smallest absolute Gasteiger partial charge is 0.269 e. The first kappa shape index (κ1) is 38.9. The van der Waals surface area contributed by atoms with Gasteiger partial charge in [0.2, 0.25) is 0 Å². The van der Waals surface area contributed by atoms with Gasteiger partial charge in [-0.15, -0.1) is 0 Å². The van der Waals surface area contributed by atoms with Crippen LogP contribution in [-0.2, 0) is 10.5 Å². The number of pyridine rings is 1. The largest absolute Gasteiger partial charge is 0.458 e. The lowest BCUT2D eigenvalue weighted by Crippen LogP contribution is -2.57. The van der Waals surface area contributed by atoms with E-state index in [4.69, 9.17) is 9.72 Å². The molecule has 1 aliphatic rings. The molecule has 308 valence electrons. The zero-order chi connectivity index (χ0) is 43.3. The van der Waals surface area contributed by atoms with Crippen molar-refractivity contribution in [2.45, 2.75) is 58.2 Å². The molecule has 5 nitrogen and oxygen atoms in total. The van der Waals surface area contributed by atoms with Crippen molar-refractivity contribution in [1.82, 2.24) is 14.1 Å². The summed E-state index contributed by atoms with van der Waals surface area (Å²) in [5.41, 5.74) is 13.9. The average molecular weight is 835 g/mol. The molecule has 1 aliphatic heterocycles. The Morgan fingerprint density at radius 1 is 0.619 bits per heavy atom. The van der Waals surface area contributed by atoms with Crippen LogP contribution in [0.25, 0.3) is 72.3 Å². The Balaban J connectivity index is 1.11. The van der Waals surface area contributed by atoms with Crippen molar-refractivity contribution >= 4 is 46.1 Å². The van der Waals surface area contributed by atoms with Crippen molar-refractivity contribution in [2.24, 2.45) is 0 Å². The molecule has 0 atom stereocenters. The number of benzene rings is 7. The third-order valence-corrected chi connectivity index (χ3v) is 19.1. The number of nitrogens with zero attached hydrogens (tertiary/aromatic N) is 4. The highest BCUT2D eigenvalue weighted by Gasteiger charge is 2.46. The standard InChI is InChI=1S/C57H50N4OSi/c1-56(2,3)40-32-33-58-53(34-40)61-48-25-15-14-22-45(48)46-30-28-41(35-50(46)61)62-42-29-31-47-51(36-42)60-37-59(49-26-17-27-52(55(49)60)63(6,7)57(47,4)5)54-43(38-18-10-8-11-19-38)23-16-24-44(54)39-20-12-9-13-21-39/h8-36H,1-7H3. The molecule has 0 saturated carbocycles. The first-order valence-electron chi connectivity index (χ1n) is 22.0. The van der Waals surface area contributed by atoms with Gasteiger partial charge >= 0.3 is 0 Å². The maximum Gasteiger partial charge on any atom is 0.269 e. The summed E-state index contributed by atoms with van der Waals surface area (Å²) in [7, 11) is -2.21. The van der Waals surface area contributed by atoms with E-state index in [-0.39, 0.29) is 10.5 Å². The highest BCUT2D eigenvalue weighted by Crippen LogP contribution is 2.43. The molecule has 11 rings (SSSR count). The van der Waals surface area contributed by atoms with Gasteiger partial charge < -0.3 is 4.74 Å². The Labute approximate surface area is 370 Å². The van der Waals surface area contributed by atoms with Crippen molar-refractivity contribution in [1.29, 1.82) is 0 Å².